The van der Waals surface area contributed by atoms with Crippen LogP contribution in [0.5, 0.6) is 0 Å². The molecule has 0 spiro atoms. The molecular formula is C21H40Cl2S. The van der Waals surface area contributed by atoms with Crippen molar-refractivity contribution in [3.63, 3.8) is 0 Å². The molecule has 0 heterocycles. The van der Waals surface area contributed by atoms with Gasteiger partial charge in [-0.15, -0.1) is 23.4 Å². The minimum Gasteiger partial charge on any atom is -0.127 e. The Kier molecular flexibility index (Phi) is 25.5. The molecule has 2 atom stereocenters. The molecule has 0 radical (unpaired) electrons. The second-order valence-electron chi connectivity index (χ2n) is 4.57. The Morgan fingerprint density at radius 1 is 1.21 bits per heavy atom. The van der Waals surface area contributed by atoms with E-state index in [1.54, 1.807) is 0 Å². The second kappa shape index (κ2) is 21.2. The van der Waals surface area contributed by atoms with E-state index >= 15 is 0 Å². The number of allylic oxidation sites excluding steroid dienone is 6. The van der Waals surface area contributed by atoms with E-state index in [4.69, 9.17) is 23.2 Å². The fraction of sp³-hybridized carbons (Fsp3) is 0.714. The predicted octanol–water partition coefficient (Wildman–Crippen LogP) is 9.34. The molecule has 2 unspecified atom stereocenters. The number of rotatable bonds is 6. The van der Waals surface area contributed by atoms with Crippen molar-refractivity contribution in [3.05, 3.63) is 33.7 Å². The van der Waals surface area contributed by atoms with Crippen molar-refractivity contribution in [1.82, 2.24) is 0 Å². The lowest BCUT2D eigenvalue weighted by molar-refractivity contribution is 0.899. The largest absolute Gasteiger partial charge is 0.127 e. The first kappa shape index (κ1) is 28.9. The van der Waals surface area contributed by atoms with Crippen molar-refractivity contribution in [2.24, 2.45) is 0 Å². The van der Waals surface area contributed by atoms with Crippen molar-refractivity contribution >= 4 is 35.0 Å². The van der Waals surface area contributed by atoms with E-state index in [-0.39, 0.29) is 5.38 Å². The molecule has 0 aliphatic heterocycles. The summed E-state index contributed by atoms with van der Waals surface area (Å²) >= 11 is 14.6. The van der Waals surface area contributed by atoms with Gasteiger partial charge in [0.1, 0.15) is 0 Å². The quantitative estimate of drug-likeness (QED) is 0.404. The van der Waals surface area contributed by atoms with Gasteiger partial charge in [0.05, 0.1) is 5.38 Å². The van der Waals surface area contributed by atoms with E-state index in [0.29, 0.717) is 5.25 Å². The van der Waals surface area contributed by atoms with Crippen LogP contribution in [0.25, 0.3) is 0 Å². The summed E-state index contributed by atoms with van der Waals surface area (Å²) in [6.45, 7) is 18.7. The zero-order chi connectivity index (χ0) is 19.5. The highest BCUT2D eigenvalue weighted by Crippen LogP contribution is 2.36. The molecule has 3 heteroatoms. The van der Waals surface area contributed by atoms with Crippen LogP contribution < -0.4 is 0 Å². The highest BCUT2D eigenvalue weighted by atomic mass is 35.5. The Morgan fingerprint density at radius 3 is 2.17 bits per heavy atom. The average Bonchev–Trinajstić information content (AvgIpc) is 2.63. The highest BCUT2D eigenvalue weighted by Gasteiger charge is 2.18. The van der Waals surface area contributed by atoms with Gasteiger partial charge in [-0.3, -0.25) is 0 Å². The van der Waals surface area contributed by atoms with Gasteiger partial charge in [0, 0.05) is 16.7 Å². The number of halogens is 2. The normalized spacial score (nSPS) is 17.6. The van der Waals surface area contributed by atoms with Gasteiger partial charge in [-0.2, -0.15) is 0 Å². The van der Waals surface area contributed by atoms with Crippen LogP contribution in [0.1, 0.15) is 88.0 Å². The van der Waals surface area contributed by atoms with Crippen LogP contribution in [0.4, 0.5) is 0 Å². The maximum atomic E-state index is 6.36. The Hall–Kier alpha value is 0.150. The first-order valence-corrected chi connectivity index (χ1v) is 11.3. The third kappa shape index (κ3) is 13.4. The Bertz CT molecular complexity index is 357. The van der Waals surface area contributed by atoms with Crippen LogP contribution in [-0.2, 0) is 0 Å². The average molecular weight is 396 g/mol. The van der Waals surface area contributed by atoms with E-state index in [1.807, 2.05) is 59.4 Å². The van der Waals surface area contributed by atoms with Crippen LogP contribution in [-0.4, -0.2) is 10.6 Å². The fourth-order valence-corrected chi connectivity index (χ4v) is 3.63. The van der Waals surface area contributed by atoms with Crippen molar-refractivity contribution in [3.8, 4) is 0 Å². The van der Waals surface area contributed by atoms with Crippen LogP contribution >= 0.6 is 35.0 Å². The van der Waals surface area contributed by atoms with Gasteiger partial charge >= 0.3 is 0 Å². The van der Waals surface area contributed by atoms with Crippen LogP contribution in [0.15, 0.2) is 33.7 Å². The molecule has 0 amide bonds. The molecule has 0 aromatic heterocycles. The van der Waals surface area contributed by atoms with Gasteiger partial charge in [-0.1, -0.05) is 86.1 Å². The molecule has 0 saturated heterocycles. The van der Waals surface area contributed by atoms with Gasteiger partial charge in [0.2, 0.25) is 0 Å². The van der Waals surface area contributed by atoms with Gasteiger partial charge in [-0.05, 0) is 35.8 Å². The molecule has 0 aromatic carbocycles. The maximum Gasteiger partial charge on any atom is 0.0600 e. The minimum atomic E-state index is 0.0558. The molecule has 0 bridgehead atoms. The Labute approximate surface area is 167 Å². The lowest BCUT2D eigenvalue weighted by atomic mass is 10.0. The molecule has 1 aliphatic carbocycles. The van der Waals surface area contributed by atoms with Crippen molar-refractivity contribution in [1.29, 1.82) is 0 Å². The summed E-state index contributed by atoms with van der Waals surface area (Å²) in [7, 11) is 0. The Morgan fingerprint density at radius 2 is 1.75 bits per heavy atom. The van der Waals surface area contributed by atoms with E-state index < -0.39 is 0 Å². The number of hydrogen-bond acceptors (Lipinski definition) is 1. The number of alkyl halides is 1. The minimum absolute atomic E-state index is 0.0558. The summed E-state index contributed by atoms with van der Waals surface area (Å²) in [6.07, 6.45) is 10.4. The summed E-state index contributed by atoms with van der Waals surface area (Å²) in [5, 5.41) is 1.53. The standard InChI is InChI=1S/C15H22Cl2S.3C2H6/c1-4-7-12(18-11(3)5-2)10-13-14(16)8-6-9-15(13)17;3*1-2/h6-8,11,15H,4-5,9-10H2,1-3H3;3*1-2H3/b12-7-;;;. The SMILES string of the molecule is CC.CC.CC.CC/C=C(/CC1=C(Cl)C=CCC1Cl)SC(C)CC. The fourth-order valence-electron chi connectivity index (χ4n) is 1.80. The lowest BCUT2D eigenvalue weighted by Gasteiger charge is -2.20. The molecule has 0 nitrogen and oxygen atoms in total. The zero-order valence-corrected chi connectivity index (χ0v) is 19.7. The third-order valence-corrected chi connectivity index (χ3v) is 5.18. The number of hydrogen-bond donors (Lipinski definition) is 0. The molecule has 1 aliphatic rings. The summed E-state index contributed by atoms with van der Waals surface area (Å²) in [4.78, 5) is 1.40. The third-order valence-electron chi connectivity index (χ3n) is 3.02. The summed E-state index contributed by atoms with van der Waals surface area (Å²) in [5.41, 5.74) is 1.18. The predicted molar refractivity (Wildman–Crippen MR) is 121 cm³/mol. The van der Waals surface area contributed by atoms with Gasteiger partial charge in [-0.25, -0.2) is 0 Å². The molecule has 0 aromatic rings. The van der Waals surface area contributed by atoms with Gasteiger partial charge < -0.3 is 0 Å². The van der Waals surface area contributed by atoms with Crippen LogP contribution in [0, 0.1) is 0 Å². The van der Waals surface area contributed by atoms with E-state index in [1.165, 1.54) is 16.9 Å². The van der Waals surface area contributed by atoms with Crippen LogP contribution in [0.2, 0.25) is 0 Å². The molecule has 24 heavy (non-hydrogen) atoms. The summed E-state index contributed by atoms with van der Waals surface area (Å²) < 4.78 is 0. The molecule has 0 fully saturated rings. The maximum absolute atomic E-state index is 6.36. The lowest BCUT2D eigenvalue weighted by Crippen LogP contribution is -2.08. The van der Waals surface area contributed by atoms with E-state index in [9.17, 15) is 0 Å². The van der Waals surface area contributed by atoms with Gasteiger partial charge in [0.25, 0.3) is 0 Å². The van der Waals surface area contributed by atoms with Crippen LogP contribution in [0.3, 0.4) is 0 Å². The molecule has 144 valence electrons. The second-order valence-corrected chi connectivity index (χ2v) is 7.07. The van der Waals surface area contributed by atoms with Crippen molar-refractivity contribution in [2.75, 3.05) is 0 Å². The summed E-state index contributed by atoms with van der Waals surface area (Å²) in [5.74, 6) is 0. The number of thioether (sulfide) groups is 1. The molecule has 0 N–H and O–H groups in total. The first-order chi connectivity index (χ1) is 11.6. The summed E-state index contributed by atoms with van der Waals surface area (Å²) in [6, 6.07) is 0. The van der Waals surface area contributed by atoms with Crippen molar-refractivity contribution < 1.29 is 0 Å². The highest BCUT2D eigenvalue weighted by molar-refractivity contribution is 8.03. The Balaban J connectivity index is -0.000000659. The van der Waals surface area contributed by atoms with E-state index in [2.05, 4.69) is 32.9 Å². The zero-order valence-electron chi connectivity index (χ0n) is 17.4. The van der Waals surface area contributed by atoms with Crippen molar-refractivity contribution in [2.45, 2.75) is 98.6 Å². The first-order valence-electron chi connectivity index (χ1n) is 9.63. The van der Waals surface area contributed by atoms with Gasteiger partial charge in [0.15, 0.2) is 0 Å². The monoisotopic (exact) mass is 394 g/mol. The van der Waals surface area contributed by atoms with E-state index in [0.717, 1.165) is 24.3 Å². The molecule has 1 rings (SSSR count). The molecule has 0 saturated carbocycles. The smallest absolute Gasteiger partial charge is 0.0600 e. The molecular weight excluding hydrogens is 355 g/mol. The topological polar surface area (TPSA) is 0 Å².